The standard InChI is InChI=1S/C21H29N3O6/c1-14-9-11-15(12-10-14)21(16(25)28-8)22-13-23(17(26)29-19(2,3)4)24(21)18(27)30-20(5,6)7/h9-13H,1-8H3/t21-/m0/s1. The molecule has 0 radical (unpaired) electrons. The third-order valence-electron chi connectivity index (χ3n) is 3.95. The highest BCUT2D eigenvalue weighted by Crippen LogP contribution is 2.38. The Kier molecular flexibility index (Phi) is 6.15. The number of hydrogen-bond donors (Lipinski definition) is 0. The van der Waals surface area contributed by atoms with Crippen molar-refractivity contribution in [1.82, 2.24) is 10.0 Å². The van der Waals surface area contributed by atoms with Crippen molar-refractivity contribution in [3.63, 3.8) is 0 Å². The summed E-state index contributed by atoms with van der Waals surface area (Å²) in [6.07, 6.45) is -0.791. The zero-order valence-electron chi connectivity index (χ0n) is 18.7. The maximum absolute atomic E-state index is 13.2. The number of benzene rings is 1. The molecule has 0 N–H and O–H groups in total. The molecule has 1 aliphatic heterocycles. The molecule has 9 heteroatoms. The summed E-state index contributed by atoms with van der Waals surface area (Å²) in [7, 11) is 1.18. The molecule has 1 aromatic rings. The highest BCUT2D eigenvalue weighted by molar-refractivity contribution is 5.95. The molecular formula is C21H29N3O6. The van der Waals surface area contributed by atoms with Gasteiger partial charge in [-0.25, -0.2) is 19.4 Å². The molecule has 0 bridgehead atoms. The number of amides is 2. The maximum atomic E-state index is 13.2. The number of ether oxygens (including phenoxy) is 3. The van der Waals surface area contributed by atoms with Crippen LogP contribution in [0.25, 0.3) is 0 Å². The van der Waals surface area contributed by atoms with Crippen LogP contribution in [0, 0.1) is 6.92 Å². The Bertz CT molecular complexity index is 851. The topological polar surface area (TPSA) is 97.7 Å². The van der Waals surface area contributed by atoms with Gasteiger partial charge in [0.25, 0.3) is 5.66 Å². The van der Waals surface area contributed by atoms with Crippen molar-refractivity contribution in [2.45, 2.75) is 65.3 Å². The normalized spacial score (nSPS) is 18.9. The number of nitrogens with zero attached hydrogens (tertiary/aromatic N) is 3. The smallest absolute Gasteiger partial charge is 0.435 e. The lowest BCUT2D eigenvalue weighted by Crippen LogP contribution is -2.59. The minimum atomic E-state index is -1.98. The Morgan fingerprint density at radius 2 is 1.40 bits per heavy atom. The predicted octanol–water partition coefficient (Wildman–Crippen LogP) is 3.75. The third kappa shape index (κ3) is 4.72. The van der Waals surface area contributed by atoms with Crippen LogP contribution in [0.15, 0.2) is 29.3 Å². The molecule has 9 nitrogen and oxygen atoms in total. The lowest BCUT2D eigenvalue weighted by Gasteiger charge is -2.38. The van der Waals surface area contributed by atoms with Gasteiger partial charge in [0.15, 0.2) is 0 Å². The number of carbonyl (C=O) groups is 3. The molecule has 0 aromatic heterocycles. The summed E-state index contributed by atoms with van der Waals surface area (Å²) < 4.78 is 15.8. The second-order valence-corrected chi connectivity index (χ2v) is 8.89. The van der Waals surface area contributed by atoms with Crippen molar-refractivity contribution in [1.29, 1.82) is 0 Å². The maximum Gasteiger partial charge on any atom is 0.435 e. The van der Waals surface area contributed by atoms with Crippen molar-refractivity contribution in [3.05, 3.63) is 35.4 Å². The van der Waals surface area contributed by atoms with Gasteiger partial charge >= 0.3 is 18.2 Å². The number of carbonyl (C=O) groups excluding carboxylic acids is 3. The largest absolute Gasteiger partial charge is 0.465 e. The van der Waals surface area contributed by atoms with Gasteiger partial charge in [0.05, 0.1) is 7.11 Å². The van der Waals surface area contributed by atoms with Gasteiger partial charge < -0.3 is 14.2 Å². The van der Waals surface area contributed by atoms with E-state index in [2.05, 4.69) is 4.99 Å². The van der Waals surface area contributed by atoms with Crippen LogP contribution in [0.5, 0.6) is 0 Å². The van der Waals surface area contributed by atoms with Crippen LogP contribution in [-0.4, -0.2) is 52.8 Å². The number of hydrogen-bond acceptors (Lipinski definition) is 7. The molecule has 1 aromatic carbocycles. The van der Waals surface area contributed by atoms with Gasteiger partial charge in [-0.3, -0.25) is 0 Å². The molecule has 2 amide bonds. The summed E-state index contributed by atoms with van der Waals surface area (Å²) in [4.78, 5) is 43.3. The highest BCUT2D eigenvalue weighted by atomic mass is 16.6. The Morgan fingerprint density at radius 1 is 0.900 bits per heavy atom. The quantitative estimate of drug-likeness (QED) is 0.535. The molecule has 1 atom stereocenters. The fourth-order valence-electron chi connectivity index (χ4n) is 2.75. The summed E-state index contributed by atoms with van der Waals surface area (Å²) in [5.41, 5.74) is -2.46. The van der Waals surface area contributed by atoms with E-state index in [4.69, 9.17) is 14.2 Å². The number of rotatable bonds is 2. The first-order chi connectivity index (χ1) is 13.7. The molecule has 2 rings (SSSR count). The molecule has 0 aliphatic carbocycles. The van der Waals surface area contributed by atoms with E-state index in [0.29, 0.717) is 5.56 Å². The molecular weight excluding hydrogens is 390 g/mol. The van der Waals surface area contributed by atoms with Gasteiger partial charge in [0.1, 0.15) is 17.5 Å². The first kappa shape index (κ1) is 23.2. The van der Waals surface area contributed by atoms with Crippen LogP contribution < -0.4 is 0 Å². The molecule has 0 unspecified atom stereocenters. The number of aryl methyl sites for hydroxylation is 1. The molecule has 0 spiro atoms. The number of aliphatic imine (C=N–C) groups is 1. The van der Waals surface area contributed by atoms with Gasteiger partial charge in [-0.05, 0) is 48.5 Å². The van der Waals surface area contributed by atoms with E-state index < -0.39 is 35.0 Å². The van der Waals surface area contributed by atoms with Gasteiger partial charge in [0, 0.05) is 5.56 Å². The van der Waals surface area contributed by atoms with E-state index in [0.717, 1.165) is 21.9 Å². The molecule has 0 fully saturated rings. The predicted molar refractivity (Wildman–Crippen MR) is 110 cm³/mol. The van der Waals surface area contributed by atoms with Crippen LogP contribution in [0.2, 0.25) is 0 Å². The first-order valence-corrected chi connectivity index (χ1v) is 9.47. The minimum absolute atomic E-state index is 0.327. The first-order valence-electron chi connectivity index (χ1n) is 9.47. The fourth-order valence-corrected chi connectivity index (χ4v) is 2.75. The van der Waals surface area contributed by atoms with Crippen molar-refractivity contribution in [2.24, 2.45) is 4.99 Å². The van der Waals surface area contributed by atoms with Crippen LogP contribution in [0.1, 0.15) is 52.7 Å². The van der Waals surface area contributed by atoms with Crippen molar-refractivity contribution in [2.75, 3.05) is 7.11 Å². The summed E-state index contributed by atoms with van der Waals surface area (Å²) in [5, 5.41) is 1.65. The fraction of sp³-hybridized carbons (Fsp3) is 0.524. The van der Waals surface area contributed by atoms with Crippen LogP contribution in [0.4, 0.5) is 9.59 Å². The highest BCUT2D eigenvalue weighted by Gasteiger charge is 2.58. The Balaban J connectivity index is 2.64. The lowest BCUT2D eigenvalue weighted by molar-refractivity contribution is -0.160. The lowest BCUT2D eigenvalue weighted by atomic mass is 9.98. The van der Waals surface area contributed by atoms with Crippen LogP contribution >= 0.6 is 0 Å². The van der Waals surface area contributed by atoms with E-state index >= 15 is 0 Å². The second kappa shape index (κ2) is 7.97. The monoisotopic (exact) mass is 419 g/mol. The van der Waals surface area contributed by atoms with Crippen LogP contribution in [0.3, 0.4) is 0 Å². The van der Waals surface area contributed by atoms with Crippen molar-refractivity contribution < 1.29 is 28.6 Å². The molecule has 1 aliphatic rings. The minimum Gasteiger partial charge on any atom is -0.465 e. The van der Waals surface area contributed by atoms with Crippen LogP contribution in [-0.2, 0) is 24.7 Å². The van der Waals surface area contributed by atoms with E-state index in [9.17, 15) is 14.4 Å². The average molecular weight is 419 g/mol. The zero-order valence-corrected chi connectivity index (χ0v) is 18.7. The zero-order chi connectivity index (χ0) is 22.9. The van der Waals surface area contributed by atoms with Gasteiger partial charge in [-0.2, -0.15) is 10.0 Å². The molecule has 30 heavy (non-hydrogen) atoms. The number of hydrazine groups is 1. The molecule has 164 valence electrons. The summed E-state index contributed by atoms with van der Waals surface area (Å²) in [6, 6.07) is 6.80. The Morgan fingerprint density at radius 3 is 1.87 bits per heavy atom. The van der Waals surface area contributed by atoms with Crippen molar-refractivity contribution in [3.8, 4) is 0 Å². The number of methoxy groups -OCH3 is 1. The van der Waals surface area contributed by atoms with E-state index in [1.54, 1.807) is 65.8 Å². The Labute approximate surface area is 176 Å². The van der Waals surface area contributed by atoms with E-state index in [1.165, 1.54) is 7.11 Å². The van der Waals surface area contributed by atoms with Gasteiger partial charge in [-0.15, -0.1) is 0 Å². The summed E-state index contributed by atoms with van der Waals surface area (Å²) in [6.45, 7) is 11.9. The third-order valence-corrected chi connectivity index (χ3v) is 3.95. The summed E-state index contributed by atoms with van der Waals surface area (Å²) in [5.74, 6) is -0.862. The molecule has 0 saturated carbocycles. The van der Waals surface area contributed by atoms with Gasteiger partial charge in [0.2, 0.25) is 0 Å². The second-order valence-electron chi connectivity index (χ2n) is 8.89. The number of esters is 1. The molecule has 1 heterocycles. The average Bonchev–Trinajstić information content (AvgIpc) is 3.00. The summed E-state index contributed by atoms with van der Waals surface area (Å²) >= 11 is 0. The SMILES string of the molecule is COC(=O)[C@@]1(c2ccc(C)cc2)N=CN(C(=O)OC(C)(C)C)N1C(=O)OC(C)(C)C. The van der Waals surface area contributed by atoms with Crippen molar-refractivity contribution >= 4 is 24.5 Å². The Hall–Kier alpha value is -3.10. The molecule has 0 saturated heterocycles. The van der Waals surface area contributed by atoms with Gasteiger partial charge in [-0.1, -0.05) is 29.8 Å². The van der Waals surface area contributed by atoms with E-state index in [1.807, 2.05) is 6.92 Å². The van der Waals surface area contributed by atoms with E-state index in [-0.39, 0.29) is 0 Å².